The Kier molecular flexibility index (Phi) is 6.42. The van der Waals surface area contributed by atoms with Gasteiger partial charge in [-0.15, -0.1) is 0 Å². The number of nitrogens with zero attached hydrogens (tertiary/aromatic N) is 2. The van der Waals surface area contributed by atoms with Gasteiger partial charge in [-0.1, -0.05) is 55.0 Å². The van der Waals surface area contributed by atoms with Crippen molar-refractivity contribution >= 4 is 16.9 Å². The van der Waals surface area contributed by atoms with E-state index in [4.69, 9.17) is 4.98 Å². The van der Waals surface area contributed by atoms with Crippen LogP contribution < -0.4 is 5.32 Å². The van der Waals surface area contributed by atoms with E-state index in [1.165, 1.54) is 22.7 Å². The molecule has 0 aliphatic rings. The van der Waals surface area contributed by atoms with E-state index in [1.807, 2.05) is 6.07 Å². The Hall–Kier alpha value is -2.88. The summed E-state index contributed by atoms with van der Waals surface area (Å²) in [7, 11) is 0. The summed E-state index contributed by atoms with van der Waals surface area (Å²) in [5.74, 6) is 1.03. The fraction of sp³-hybridized carbons (Fsp3) is 0.304. The lowest BCUT2D eigenvalue weighted by Crippen LogP contribution is -2.21. The minimum atomic E-state index is -0.102. The van der Waals surface area contributed by atoms with E-state index < -0.39 is 0 Å². The van der Waals surface area contributed by atoms with Crippen molar-refractivity contribution in [1.29, 1.82) is 0 Å². The Labute approximate surface area is 160 Å². The average molecular weight is 361 g/mol. The van der Waals surface area contributed by atoms with Crippen molar-refractivity contribution in [3.63, 3.8) is 0 Å². The fourth-order valence-corrected chi connectivity index (χ4v) is 3.24. The van der Waals surface area contributed by atoms with Crippen LogP contribution in [0.1, 0.15) is 36.2 Å². The van der Waals surface area contributed by atoms with Gasteiger partial charge in [0.25, 0.3) is 0 Å². The van der Waals surface area contributed by atoms with Gasteiger partial charge in [0.05, 0.1) is 11.0 Å². The third-order valence-electron chi connectivity index (χ3n) is 4.76. The molecule has 27 heavy (non-hydrogen) atoms. The van der Waals surface area contributed by atoms with Gasteiger partial charge in [0, 0.05) is 19.5 Å². The number of unbranched alkanes of at least 4 members (excludes halogenated alkanes) is 2. The molecule has 3 rings (SSSR count). The molecule has 4 nitrogen and oxygen atoms in total. The van der Waals surface area contributed by atoms with Gasteiger partial charge in [0.1, 0.15) is 5.82 Å². The maximum absolute atomic E-state index is 11.2. The molecule has 3 aromatic rings. The molecule has 4 heteroatoms. The summed E-state index contributed by atoms with van der Waals surface area (Å²) in [6.45, 7) is 7.11. The lowest BCUT2D eigenvalue weighted by Gasteiger charge is -2.10. The number of benzene rings is 2. The summed E-state index contributed by atoms with van der Waals surface area (Å²) < 4.78 is 2.33. The molecule has 140 valence electrons. The van der Waals surface area contributed by atoms with Crippen LogP contribution in [0.3, 0.4) is 0 Å². The first-order chi connectivity index (χ1) is 13.2. The molecule has 0 unspecified atom stereocenters. The number of hydrogen-bond donors (Lipinski definition) is 1. The molecular formula is C23H27N3O. The minimum absolute atomic E-state index is 0.102. The number of hydrogen-bond acceptors (Lipinski definition) is 2. The molecule has 1 amide bonds. The molecule has 1 aromatic heterocycles. The van der Waals surface area contributed by atoms with Crippen LogP contribution in [0, 0.1) is 6.92 Å². The number of amides is 1. The van der Waals surface area contributed by atoms with Crippen LogP contribution in [0.2, 0.25) is 0 Å². The Morgan fingerprint density at radius 1 is 1.11 bits per heavy atom. The van der Waals surface area contributed by atoms with Gasteiger partial charge in [-0.25, -0.2) is 4.98 Å². The van der Waals surface area contributed by atoms with Crippen LogP contribution in [0.15, 0.2) is 61.2 Å². The van der Waals surface area contributed by atoms with E-state index in [-0.39, 0.29) is 5.91 Å². The first-order valence-electron chi connectivity index (χ1n) is 9.57. The monoisotopic (exact) mass is 361 g/mol. The van der Waals surface area contributed by atoms with Gasteiger partial charge < -0.3 is 9.88 Å². The second kappa shape index (κ2) is 9.17. The van der Waals surface area contributed by atoms with Gasteiger partial charge in [-0.2, -0.15) is 0 Å². The second-order valence-corrected chi connectivity index (χ2v) is 6.89. The maximum atomic E-state index is 11.2. The van der Waals surface area contributed by atoms with Crippen LogP contribution in [0.5, 0.6) is 0 Å². The van der Waals surface area contributed by atoms with E-state index in [0.29, 0.717) is 6.54 Å². The summed E-state index contributed by atoms with van der Waals surface area (Å²) in [4.78, 5) is 16.0. The molecule has 0 spiro atoms. The average Bonchev–Trinajstić information content (AvgIpc) is 3.03. The van der Waals surface area contributed by atoms with Gasteiger partial charge in [-0.05, 0) is 43.5 Å². The second-order valence-electron chi connectivity index (χ2n) is 6.89. The van der Waals surface area contributed by atoms with Crippen molar-refractivity contribution in [2.45, 2.75) is 39.2 Å². The number of carbonyl (C=O) groups excluding carboxylic acids is 1. The zero-order valence-corrected chi connectivity index (χ0v) is 15.9. The van der Waals surface area contributed by atoms with Crippen molar-refractivity contribution in [2.75, 3.05) is 6.54 Å². The van der Waals surface area contributed by atoms with Crippen LogP contribution in [-0.4, -0.2) is 22.0 Å². The summed E-state index contributed by atoms with van der Waals surface area (Å²) in [6, 6.07) is 17.0. The third-order valence-corrected chi connectivity index (χ3v) is 4.76. The number of aromatic nitrogens is 2. The highest BCUT2D eigenvalue weighted by Gasteiger charge is 2.10. The first kappa shape index (κ1) is 18.9. The first-order valence-corrected chi connectivity index (χ1v) is 9.57. The van der Waals surface area contributed by atoms with Crippen molar-refractivity contribution in [3.8, 4) is 0 Å². The highest BCUT2D eigenvalue weighted by Crippen LogP contribution is 2.20. The highest BCUT2D eigenvalue weighted by molar-refractivity contribution is 5.86. The number of nitrogens with one attached hydrogen (secondary N) is 1. The normalized spacial score (nSPS) is 10.9. The van der Waals surface area contributed by atoms with Gasteiger partial charge in [0.15, 0.2) is 0 Å². The number of fused-ring (bicyclic) bond motifs is 1. The number of carbonyl (C=O) groups is 1. The van der Waals surface area contributed by atoms with Gasteiger partial charge in [-0.3, -0.25) is 4.79 Å². The quantitative estimate of drug-likeness (QED) is 0.453. The standard InChI is InChI=1S/C23H27N3O/c1-3-23(27)24-16-8-4-5-11-22-25-20-9-6-7-10-21(20)26(22)17-19-14-12-18(2)13-15-19/h3,6-7,9-10,12-15H,1,4-5,8,11,16-17H2,2H3,(H,24,27). The predicted molar refractivity (Wildman–Crippen MR) is 111 cm³/mol. The summed E-state index contributed by atoms with van der Waals surface area (Å²) in [5, 5.41) is 2.82. The Morgan fingerprint density at radius 2 is 1.89 bits per heavy atom. The largest absolute Gasteiger partial charge is 0.353 e. The third kappa shape index (κ3) is 5.07. The van der Waals surface area contributed by atoms with Crippen molar-refractivity contribution < 1.29 is 4.79 Å². The molecular weight excluding hydrogens is 334 g/mol. The number of imidazole rings is 1. The molecule has 0 saturated carbocycles. The molecule has 2 aromatic carbocycles. The van der Waals surface area contributed by atoms with Gasteiger partial charge in [0.2, 0.25) is 5.91 Å². The zero-order valence-electron chi connectivity index (χ0n) is 15.9. The van der Waals surface area contributed by atoms with Crippen LogP contribution in [-0.2, 0) is 17.8 Å². The smallest absolute Gasteiger partial charge is 0.243 e. The van der Waals surface area contributed by atoms with Crippen LogP contribution >= 0.6 is 0 Å². The van der Waals surface area contributed by atoms with Crippen LogP contribution in [0.4, 0.5) is 0 Å². The minimum Gasteiger partial charge on any atom is -0.353 e. The maximum Gasteiger partial charge on any atom is 0.243 e. The SMILES string of the molecule is C=CC(=O)NCCCCCc1nc2ccccc2n1Cc1ccc(C)cc1. The number of para-hydroxylation sites is 2. The van der Waals surface area contributed by atoms with E-state index in [2.05, 4.69) is 65.9 Å². The van der Waals surface area contributed by atoms with Crippen molar-refractivity contribution in [1.82, 2.24) is 14.9 Å². The summed E-state index contributed by atoms with van der Waals surface area (Å²) in [5.41, 5.74) is 4.80. The lowest BCUT2D eigenvalue weighted by atomic mass is 10.1. The topological polar surface area (TPSA) is 46.9 Å². The van der Waals surface area contributed by atoms with E-state index in [0.717, 1.165) is 43.6 Å². The van der Waals surface area contributed by atoms with Crippen molar-refractivity contribution in [3.05, 3.63) is 78.1 Å². The van der Waals surface area contributed by atoms with E-state index >= 15 is 0 Å². The molecule has 0 atom stereocenters. The molecule has 0 fully saturated rings. The molecule has 1 heterocycles. The molecule has 0 aliphatic heterocycles. The molecule has 0 aliphatic carbocycles. The molecule has 0 radical (unpaired) electrons. The summed E-state index contributed by atoms with van der Waals surface area (Å²) >= 11 is 0. The number of aryl methyl sites for hydroxylation is 2. The fourth-order valence-electron chi connectivity index (χ4n) is 3.24. The highest BCUT2D eigenvalue weighted by atomic mass is 16.1. The Morgan fingerprint density at radius 3 is 2.67 bits per heavy atom. The van der Waals surface area contributed by atoms with E-state index in [9.17, 15) is 4.79 Å². The molecule has 1 N–H and O–H groups in total. The van der Waals surface area contributed by atoms with Crippen molar-refractivity contribution in [2.24, 2.45) is 0 Å². The molecule has 0 bridgehead atoms. The predicted octanol–water partition coefficient (Wildman–Crippen LogP) is 4.41. The van der Waals surface area contributed by atoms with Gasteiger partial charge >= 0.3 is 0 Å². The Balaban J connectivity index is 1.66. The Bertz CT molecular complexity index is 909. The molecule has 0 saturated heterocycles. The number of rotatable bonds is 9. The van der Waals surface area contributed by atoms with E-state index in [1.54, 1.807) is 0 Å². The van der Waals surface area contributed by atoms with Crippen LogP contribution in [0.25, 0.3) is 11.0 Å². The lowest BCUT2D eigenvalue weighted by molar-refractivity contribution is -0.116. The summed E-state index contributed by atoms with van der Waals surface area (Å²) in [6.07, 6.45) is 5.34. The zero-order chi connectivity index (χ0) is 19.1.